The molecule has 1 saturated heterocycles. The molecule has 11 nitrogen and oxygen atoms in total. The number of aliphatic hydroxyl groups is 1. The number of hydrogen-bond donors (Lipinski definition) is 6. The molecule has 11 heteroatoms. The van der Waals surface area contributed by atoms with E-state index in [2.05, 4.69) is 15.6 Å². The van der Waals surface area contributed by atoms with E-state index in [1.54, 1.807) is 0 Å². The maximum absolute atomic E-state index is 13.5. The standard InChI is InChI=1S/C25H35N5O6/c1-3-14(2)21(24(34)30-10-6-9-20(30)23(33)28-19(13-31)25(35)36)29-22(32)17(26)11-15-12-27-18-8-5-4-7-16(15)18/h4-5,7-8,12,14,17,19-21,27,31H,3,6,9-11,13,26H2,1-2H3,(H,28,33)(H,29,32)(H,35,36). The van der Waals surface area contributed by atoms with E-state index in [0.29, 0.717) is 25.8 Å². The summed E-state index contributed by atoms with van der Waals surface area (Å²) < 4.78 is 0. The quantitative estimate of drug-likeness (QED) is 0.253. The lowest BCUT2D eigenvalue weighted by atomic mass is 9.96. The van der Waals surface area contributed by atoms with Gasteiger partial charge in [0.15, 0.2) is 0 Å². The van der Waals surface area contributed by atoms with Gasteiger partial charge in [0, 0.05) is 23.6 Å². The first-order valence-electron chi connectivity index (χ1n) is 12.2. The number of amides is 3. The van der Waals surface area contributed by atoms with Crippen LogP contribution in [0.5, 0.6) is 0 Å². The van der Waals surface area contributed by atoms with Crippen molar-refractivity contribution in [1.82, 2.24) is 20.5 Å². The van der Waals surface area contributed by atoms with Gasteiger partial charge < -0.3 is 36.5 Å². The molecule has 0 bridgehead atoms. The minimum absolute atomic E-state index is 0.227. The molecule has 0 saturated carbocycles. The number of aromatic amines is 1. The van der Waals surface area contributed by atoms with Gasteiger partial charge in [-0.05, 0) is 36.8 Å². The molecular weight excluding hydrogens is 466 g/mol. The molecule has 1 aliphatic rings. The number of carbonyl (C=O) groups is 4. The van der Waals surface area contributed by atoms with Gasteiger partial charge in [0.1, 0.15) is 18.1 Å². The summed E-state index contributed by atoms with van der Waals surface area (Å²) in [5.74, 6) is -3.12. The van der Waals surface area contributed by atoms with Crippen molar-refractivity contribution in [1.29, 1.82) is 0 Å². The zero-order valence-electron chi connectivity index (χ0n) is 20.6. The molecule has 3 rings (SSSR count). The predicted molar refractivity (Wildman–Crippen MR) is 133 cm³/mol. The van der Waals surface area contributed by atoms with E-state index >= 15 is 0 Å². The normalized spacial score (nSPS) is 18.9. The lowest BCUT2D eigenvalue weighted by molar-refractivity contribution is -0.146. The molecule has 2 heterocycles. The number of aliphatic hydroxyl groups excluding tert-OH is 1. The Morgan fingerprint density at radius 3 is 2.61 bits per heavy atom. The maximum Gasteiger partial charge on any atom is 0.328 e. The first-order valence-corrected chi connectivity index (χ1v) is 12.2. The number of para-hydroxylation sites is 1. The third-order valence-corrected chi connectivity index (χ3v) is 6.86. The number of carboxylic acid groups (broad SMARTS) is 1. The van der Waals surface area contributed by atoms with Crippen LogP contribution in [0.25, 0.3) is 10.9 Å². The third kappa shape index (κ3) is 6.03. The topological polar surface area (TPSA) is 178 Å². The van der Waals surface area contributed by atoms with Gasteiger partial charge in [-0.15, -0.1) is 0 Å². The van der Waals surface area contributed by atoms with E-state index in [1.165, 1.54) is 4.90 Å². The van der Waals surface area contributed by atoms with Gasteiger partial charge in [0.25, 0.3) is 0 Å². The highest BCUT2D eigenvalue weighted by atomic mass is 16.4. The highest BCUT2D eigenvalue weighted by Gasteiger charge is 2.40. The Morgan fingerprint density at radius 2 is 1.94 bits per heavy atom. The number of rotatable bonds is 11. The highest BCUT2D eigenvalue weighted by molar-refractivity contribution is 5.95. The third-order valence-electron chi connectivity index (χ3n) is 6.86. The Morgan fingerprint density at radius 1 is 1.22 bits per heavy atom. The van der Waals surface area contributed by atoms with Crippen molar-refractivity contribution in [3.63, 3.8) is 0 Å². The SMILES string of the molecule is CCC(C)C(NC(=O)C(N)Cc1c[nH]c2ccccc12)C(=O)N1CCCC1C(=O)NC(CO)C(=O)O. The summed E-state index contributed by atoms with van der Waals surface area (Å²) in [4.78, 5) is 55.0. The van der Waals surface area contributed by atoms with Crippen molar-refractivity contribution in [2.45, 2.75) is 63.7 Å². The monoisotopic (exact) mass is 501 g/mol. The lowest BCUT2D eigenvalue weighted by Crippen LogP contribution is -2.58. The van der Waals surface area contributed by atoms with E-state index in [-0.39, 0.29) is 12.3 Å². The van der Waals surface area contributed by atoms with Gasteiger partial charge in [-0.3, -0.25) is 14.4 Å². The average molecular weight is 502 g/mol. The van der Waals surface area contributed by atoms with E-state index in [0.717, 1.165) is 16.5 Å². The number of aliphatic carboxylic acids is 1. The van der Waals surface area contributed by atoms with Crippen molar-refractivity contribution >= 4 is 34.6 Å². The number of fused-ring (bicyclic) bond motifs is 1. The Labute approximate surface area is 209 Å². The van der Waals surface area contributed by atoms with Gasteiger partial charge >= 0.3 is 5.97 Å². The largest absolute Gasteiger partial charge is 0.480 e. The number of nitrogens with two attached hydrogens (primary N) is 1. The molecule has 1 aliphatic heterocycles. The second-order valence-corrected chi connectivity index (χ2v) is 9.31. The summed E-state index contributed by atoms with van der Waals surface area (Å²) in [6.45, 7) is 3.28. The fraction of sp³-hybridized carbons (Fsp3) is 0.520. The van der Waals surface area contributed by atoms with E-state index < -0.39 is 54.5 Å². The van der Waals surface area contributed by atoms with Crippen LogP contribution >= 0.6 is 0 Å². The zero-order chi connectivity index (χ0) is 26.4. The summed E-state index contributed by atoms with van der Waals surface area (Å²) in [7, 11) is 0. The van der Waals surface area contributed by atoms with Crippen LogP contribution in [0.2, 0.25) is 0 Å². The van der Waals surface area contributed by atoms with E-state index in [9.17, 15) is 24.3 Å². The molecule has 0 aliphatic carbocycles. The second-order valence-electron chi connectivity index (χ2n) is 9.31. The summed E-state index contributed by atoms with van der Waals surface area (Å²) in [6.07, 6.45) is 3.62. The first kappa shape index (κ1) is 27.2. The fourth-order valence-electron chi connectivity index (χ4n) is 4.51. The van der Waals surface area contributed by atoms with Gasteiger partial charge in [-0.25, -0.2) is 4.79 Å². The molecule has 5 unspecified atom stereocenters. The Hall–Kier alpha value is -3.44. The number of hydrogen-bond acceptors (Lipinski definition) is 6. The number of benzene rings is 1. The van der Waals surface area contributed by atoms with Crippen molar-refractivity contribution in [3.05, 3.63) is 36.0 Å². The molecule has 5 atom stereocenters. The summed E-state index contributed by atoms with van der Waals surface area (Å²) >= 11 is 0. The van der Waals surface area contributed by atoms with Crippen molar-refractivity contribution in [2.75, 3.05) is 13.2 Å². The zero-order valence-corrected chi connectivity index (χ0v) is 20.6. The summed E-state index contributed by atoms with van der Waals surface area (Å²) in [5.41, 5.74) is 8.06. The van der Waals surface area contributed by atoms with Crippen LogP contribution in [0, 0.1) is 5.92 Å². The summed E-state index contributed by atoms with van der Waals surface area (Å²) in [5, 5.41) is 24.4. The Bertz CT molecular complexity index is 1100. The van der Waals surface area contributed by atoms with Crippen molar-refractivity contribution < 1.29 is 29.4 Å². The number of carbonyl (C=O) groups excluding carboxylic acids is 3. The Kier molecular flexibility index (Phi) is 9.05. The number of nitrogens with one attached hydrogen (secondary N) is 3. The maximum atomic E-state index is 13.5. The smallest absolute Gasteiger partial charge is 0.328 e. The molecular formula is C25H35N5O6. The Balaban J connectivity index is 1.71. The van der Waals surface area contributed by atoms with Crippen LogP contribution in [-0.4, -0.2) is 81.1 Å². The molecule has 0 radical (unpaired) electrons. The fourth-order valence-corrected chi connectivity index (χ4v) is 4.51. The molecule has 36 heavy (non-hydrogen) atoms. The van der Waals surface area contributed by atoms with Crippen LogP contribution in [0.1, 0.15) is 38.7 Å². The number of likely N-dealkylation sites (tertiary alicyclic amines) is 1. The first-order chi connectivity index (χ1) is 17.2. The molecule has 3 amide bonds. The van der Waals surface area contributed by atoms with E-state index in [4.69, 9.17) is 10.8 Å². The molecule has 7 N–H and O–H groups in total. The molecule has 196 valence electrons. The molecule has 1 fully saturated rings. The summed E-state index contributed by atoms with van der Waals surface area (Å²) in [6, 6.07) is 3.59. The predicted octanol–water partition coefficient (Wildman–Crippen LogP) is 0.121. The van der Waals surface area contributed by atoms with E-state index in [1.807, 2.05) is 44.3 Å². The van der Waals surface area contributed by atoms with Gasteiger partial charge in [0.2, 0.25) is 17.7 Å². The van der Waals surface area contributed by atoms with Crippen LogP contribution < -0.4 is 16.4 Å². The minimum atomic E-state index is -1.46. The van der Waals surface area contributed by atoms with Gasteiger partial charge in [-0.2, -0.15) is 0 Å². The highest BCUT2D eigenvalue weighted by Crippen LogP contribution is 2.22. The van der Waals surface area contributed by atoms with Crippen LogP contribution in [0.4, 0.5) is 0 Å². The van der Waals surface area contributed by atoms with Crippen molar-refractivity contribution in [2.24, 2.45) is 11.7 Å². The number of H-pyrrole nitrogens is 1. The number of carboxylic acids is 1. The molecule has 1 aromatic carbocycles. The number of nitrogens with zero attached hydrogens (tertiary/aromatic N) is 1. The molecule has 2 aromatic rings. The van der Waals surface area contributed by atoms with Crippen LogP contribution in [-0.2, 0) is 25.6 Å². The minimum Gasteiger partial charge on any atom is -0.480 e. The van der Waals surface area contributed by atoms with Crippen molar-refractivity contribution in [3.8, 4) is 0 Å². The van der Waals surface area contributed by atoms with Gasteiger partial charge in [-0.1, -0.05) is 38.5 Å². The van der Waals surface area contributed by atoms with Crippen LogP contribution in [0.3, 0.4) is 0 Å². The molecule has 0 spiro atoms. The molecule has 1 aromatic heterocycles. The average Bonchev–Trinajstić information content (AvgIpc) is 3.52. The van der Waals surface area contributed by atoms with Crippen LogP contribution in [0.15, 0.2) is 30.5 Å². The lowest BCUT2D eigenvalue weighted by Gasteiger charge is -2.32. The number of aromatic nitrogens is 1. The van der Waals surface area contributed by atoms with Gasteiger partial charge in [0.05, 0.1) is 12.6 Å². The second kappa shape index (κ2) is 12.0.